The molecule has 0 spiro atoms. The van der Waals surface area contributed by atoms with E-state index in [1.807, 2.05) is 0 Å². The Bertz CT molecular complexity index is 631. The summed E-state index contributed by atoms with van der Waals surface area (Å²) in [4.78, 5) is 34.7. The SMILES string of the molecule is CC(C)(C)OC(=O)Nc1ccc(C(=O)O)c2c1C(=O)NC2. The van der Waals surface area contributed by atoms with Gasteiger partial charge in [0, 0.05) is 12.1 Å². The van der Waals surface area contributed by atoms with Crippen molar-refractivity contribution in [3.05, 3.63) is 28.8 Å². The lowest BCUT2D eigenvalue weighted by molar-refractivity contribution is 0.0634. The number of amides is 2. The molecular weight excluding hydrogens is 276 g/mol. The van der Waals surface area contributed by atoms with E-state index in [1.54, 1.807) is 20.8 Å². The minimum absolute atomic E-state index is 0.0399. The van der Waals surface area contributed by atoms with Crippen LogP contribution in [0.3, 0.4) is 0 Å². The van der Waals surface area contributed by atoms with Crippen LogP contribution < -0.4 is 10.6 Å². The summed E-state index contributed by atoms with van der Waals surface area (Å²) in [6.07, 6.45) is -0.701. The minimum atomic E-state index is -1.12. The van der Waals surface area contributed by atoms with Crippen molar-refractivity contribution in [3.63, 3.8) is 0 Å². The molecule has 112 valence electrons. The standard InChI is InChI=1S/C14H16N2O5/c1-14(2,3)21-13(20)16-9-5-4-7(12(18)19)8-6-15-11(17)10(8)9/h4-5H,6H2,1-3H3,(H,15,17)(H,16,20)(H,18,19). The first-order chi connectivity index (χ1) is 9.69. The molecule has 1 aliphatic heterocycles. The number of carboxylic acids is 1. The van der Waals surface area contributed by atoms with Gasteiger partial charge in [-0.05, 0) is 32.9 Å². The van der Waals surface area contributed by atoms with E-state index in [0.29, 0.717) is 5.56 Å². The smallest absolute Gasteiger partial charge is 0.412 e. The molecule has 0 aromatic heterocycles. The predicted octanol–water partition coefficient (Wildman–Crippen LogP) is 1.98. The summed E-state index contributed by atoms with van der Waals surface area (Å²) in [5.74, 6) is -1.54. The summed E-state index contributed by atoms with van der Waals surface area (Å²) in [5.41, 5.74) is 0.135. The lowest BCUT2D eigenvalue weighted by Crippen LogP contribution is -2.28. The first-order valence-corrected chi connectivity index (χ1v) is 6.36. The zero-order valence-electron chi connectivity index (χ0n) is 11.9. The van der Waals surface area contributed by atoms with E-state index >= 15 is 0 Å². The summed E-state index contributed by atoms with van der Waals surface area (Å²) in [7, 11) is 0. The molecule has 0 saturated carbocycles. The Morgan fingerprint density at radius 3 is 2.57 bits per heavy atom. The molecule has 1 aromatic carbocycles. The van der Waals surface area contributed by atoms with Gasteiger partial charge in [0.15, 0.2) is 0 Å². The van der Waals surface area contributed by atoms with Crippen molar-refractivity contribution in [2.45, 2.75) is 32.9 Å². The first-order valence-electron chi connectivity index (χ1n) is 6.36. The van der Waals surface area contributed by atoms with Crippen LogP contribution in [0.15, 0.2) is 12.1 Å². The number of fused-ring (bicyclic) bond motifs is 1. The van der Waals surface area contributed by atoms with Crippen molar-refractivity contribution >= 4 is 23.7 Å². The van der Waals surface area contributed by atoms with Crippen LogP contribution in [0.2, 0.25) is 0 Å². The first kappa shape index (κ1) is 14.8. The lowest BCUT2D eigenvalue weighted by Gasteiger charge is -2.20. The number of benzene rings is 1. The van der Waals surface area contributed by atoms with Gasteiger partial charge in [0.2, 0.25) is 0 Å². The third-order valence-electron chi connectivity index (χ3n) is 2.83. The van der Waals surface area contributed by atoms with E-state index in [1.165, 1.54) is 12.1 Å². The third kappa shape index (κ3) is 3.13. The highest BCUT2D eigenvalue weighted by Gasteiger charge is 2.29. The number of hydrogen-bond donors (Lipinski definition) is 3. The van der Waals surface area contributed by atoms with E-state index in [9.17, 15) is 14.4 Å². The van der Waals surface area contributed by atoms with Crippen LogP contribution in [-0.4, -0.2) is 28.7 Å². The van der Waals surface area contributed by atoms with Gasteiger partial charge in [0.05, 0.1) is 16.8 Å². The Kier molecular flexibility index (Phi) is 3.59. The number of carboxylic acid groups (broad SMARTS) is 1. The van der Waals surface area contributed by atoms with Gasteiger partial charge in [0.25, 0.3) is 5.91 Å². The summed E-state index contributed by atoms with van der Waals surface area (Å²) in [6, 6.07) is 2.74. The molecule has 1 aromatic rings. The van der Waals surface area contributed by atoms with Crippen LogP contribution in [0.4, 0.5) is 10.5 Å². The van der Waals surface area contributed by atoms with Gasteiger partial charge >= 0.3 is 12.1 Å². The molecule has 0 saturated heterocycles. The number of ether oxygens (including phenoxy) is 1. The average molecular weight is 292 g/mol. The third-order valence-corrected chi connectivity index (χ3v) is 2.83. The Morgan fingerprint density at radius 2 is 2.00 bits per heavy atom. The Hall–Kier alpha value is -2.57. The summed E-state index contributed by atoms with van der Waals surface area (Å²) >= 11 is 0. The summed E-state index contributed by atoms with van der Waals surface area (Å²) in [6.45, 7) is 5.28. The van der Waals surface area contributed by atoms with E-state index in [2.05, 4.69) is 10.6 Å². The normalized spacial score (nSPS) is 13.4. The Labute approximate surface area is 121 Å². The molecule has 0 unspecified atom stereocenters. The second-order valence-electron chi connectivity index (χ2n) is 5.63. The van der Waals surface area contributed by atoms with Crippen molar-refractivity contribution in [2.24, 2.45) is 0 Å². The van der Waals surface area contributed by atoms with E-state index in [0.717, 1.165) is 0 Å². The van der Waals surface area contributed by atoms with Crippen molar-refractivity contribution in [3.8, 4) is 0 Å². The van der Waals surface area contributed by atoms with Gasteiger partial charge in [-0.15, -0.1) is 0 Å². The lowest BCUT2D eigenvalue weighted by atomic mass is 10.0. The number of carbonyl (C=O) groups is 3. The van der Waals surface area contributed by atoms with Crippen molar-refractivity contribution in [1.82, 2.24) is 5.32 Å². The number of hydrogen-bond acceptors (Lipinski definition) is 4. The molecule has 7 nitrogen and oxygen atoms in total. The molecule has 0 bridgehead atoms. The minimum Gasteiger partial charge on any atom is -0.478 e. The maximum Gasteiger partial charge on any atom is 0.412 e. The highest BCUT2D eigenvalue weighted by molar-refractivity contribution is 6.08. The average Bonchev–Trinajstić information content (AvgIpc) is 2.69. The van der Waals surface area contributed by atoms with Crippen molar-refractivity contribution in [1.29, 1.82) is 0 Å². The molecule has 0 radical (unpaired) electrons. The molecule has 0 aliphatic carbocycles. The van der Waals surface area contributed by atoms with Crippen LogP contribution in [0, 0.1) is 0 Å². The van der Waals surface area contributed by atoms with Crippen LogP contribution >= 0.6 is 0 Å². The number of nitrogens with one attached hydrogen (secondary N) is 2. The van der Waals surface area contributed by atoms with Gasteiger partial charge < -0.3 is 15.2 Å². The van der Waals surface area contributed by atoms with Gasteiger partial charge in [-0.3, -0.25) is 10.1 Å². The predicted molar refractivity (Wildman–Crippen MR) is 74.4 cm³/mol. The summed E-state index contributed by atoms with van der Waals surface area (Å²) in [5, 5.41) is 14.1. The fourth-order valence-electron chi connectivity index (χ4n) is 2.07. The van der Waals surface area contributed by atoms with Crippen LogP contribution in [0.25, 0.3) is 0 Å². The second kappa shape index (κ2) is 5.08. The van der Waals surface area contributed by atoms with Gasteiger partial charge in [-0.2, -0.15) is 0 Å². The number of carbonyl (C=O) groups excluding carboxylic acids is 2. The number of aromatic carboxylic acids is 1. The van der Waals surface area contributed by atoms with Gasteiger partial charge in [-0.1, -0.05) is 0 Å². The number of anilines is 1. The molecule has 1 aliphatic rings. The van der Waals surface area contributed by atoms with E-state index in [-0.39, 0.29) is 23.4 Å². The quantitative estimate of drug-likeness (QED) is 0.773. The highest BCUT2D eigenvalue weighted by Crippen LogP contribution is 2.28. The zero-order chi connectivity index (χ0) is 15.8. The number of rotatable bonds is 2. The van der Waals surface area contributed by atoms with Crippen LogP contribution in [0.1, 0.15) is 47.1 Å². The monoisotopic (exact) mass is 292 g/mol. The molecular formula is C14H16N2O5. The maximum absolute atomic E-state index is 11.8. The van der Waals surface area contributed by atoms with Crippen molar-refractivity contribution in [2.75, 3.05) is 5.32 Å². The molecule has 1 heterocycles. The molecule has 2 amide bonds. The van der Waals surface area contributed by atoms with E-state index < -0.39 is 23.6 Å². The maximum atomic E-state index is 11.8. The molecule has 7 heteroatoms. The molecule has 3 N–H and O–H groups in total. The second-order valence-corrected chi connectivity index (χ2v) is 5.63. The Balaban J connectivity index is 2.34. The molecule has 21 heavy (non-hydrogen) atoms. The topological polar surface area (TPSA) is 105 Å². The largest absolute Gasteiger partial charge is 0.478 e. The van der Waals surface area contributed by atoms with E-state index in [4.69, 9.17) is 9.84 Å². The van der Waals surface area contributed by atoms with Crippen LogP contribution in [-0.2, 0) is 11.3 Å². The zero-order valence-corrected chi connectivity index (χ0v) is 11.9. The fourth-order valence-corrected chi connectivity index (χ4v) is 2.07. The van der Waals surface area contributed by atoms with Crippen LogP contribution in [0.5, 0.6) is 0 Å². The van der Waals surface area contributed by atoms with Gasteiger partial charge in [-0.25, -0.2) is 9.59 Å². The fraction of sp³-hybridized carbons (Fsp3) is 0.357. The Morgan fingerprint density at radius 1 is 1.33 bits per heavy atom. The molecule has 0 atom stereocenters. The van der Waals surface area contributed by atoms with Gasteiger partial charge in [0.1, 0.15) is 5.60 Å². The van der Waals surface area contributed by atoms with Crippen molar-refractivity contribution < 1.29 is 24.2 Å². The summed E-state index contributed by atoms with van der Waals surface area (Å²) < 4.78 is 5.12. The molecule has 2 rings (SSSR count). The highest BCUT2D eigenvalue weighted by atomic mass is 16.6. The molecule has 0 fully saturated rings.